The number of hydrogen-bond donors (Lipinski definition) is 8. The van der Waals surface area contributed by atoms with Gasteiger partial charge in [0.05, 0.1) is 11.3 Å². The largest absolute Gasteiger partial charge is 0.489 e. The minimum atomic E-state index is -4.10. The van der Waals surface area contributed by atoms with Gasteiger partial charge in [-0.05, 0) is 91.5 Å². The number of carbonyl (C=O) groups is 7. The van der Waals surface area contributed by atoms with Gasteiger partial charge >= 0.3 is 12.1 Å². The number of nitrogens with zero attached hydrogens (tertiary/aromatic N) is 1. The molecule has 0 bridgehead atoms. The van der Waals surface area contributed by atoms with Crippen molar-refractivity contribution in [3.05, 3.63) is 167 Å². The van der Waals surface area contributed by atoms with Gasteiger partial charge < -0.3 is 51.8 Å². The van der Waals surface area contributed by atoms with Crippen LogP contribution in [0.2, 0.25) is 0 Å². The van der Waals surface area contributed by atoms with Gasteiger partial charge in [-0.25, -0.2) is 17.9 Å². The minimum absolute atomic E-state index is 0.0384. The Bertz CT molecular complexity index is 3020. The SMILES string of the molecule is Cc1ccc(S(=O)(=O)NC(N)=NCCC[C@@H]2NC(=O)[C@@H](Cc3ccc(OCc4ccccc4)cc3)NC(=O)[C@H](C(C)C)NC(=O)[C@H](CC(=O)OCc3ccccc3)NC(=O)[C@H](CCCCNC(=O)OCc3ccccc3)NC2=O)cc1. The predicted octanol–water partition coefficient (Wildman–Crippen LogP) is 4.51. The fraction of sp³-hybridized carbons (Fsp3) is 0.356. The van der Waals surface area contributed by atoms with Crippen LogP contribution in [0.5, 0.6) is 5.75 Å². The van der Waals surface area contributed by atoms with E-state index < -0.39 is 100 Å². The predicted molar refractivity (Wildman–Crippen MR) is 302 cm³/mol. The molecular weight excluding hydrogens is 1060 g/mol. The average Bonchev–Trinajstić information content (AvgIpc) is 3.46. The maximum absolute atomic E-state index is 14.7. The van der Waals surface area contributed by atoms with Gasteiger partial charge in [-0.1, -0.05) is 135 Å². The quantitative estimate of drug-likeness (QED) is 0.0194. The molecule has 9 N–H and O–H groups in total. The van der Waals surface area contributed by atoms with Gasteiger partial charge in [-0.3, -0.25) is 33.8 Å². The molecule has 5 aromatic rings. The number of esters is 1. The molecule has 21 nitrogen and oxygen atoms in total. The number of hydrogen-bond acceptors (Lipinski definition) is 13. The molecule has 1 fully saturated rings. The lowest BCUT2D eigenvalue weighted by Crippen LogP contribution is -2.59. The molecule has 81 heavy (non-hydrogen) atoms. The summed E-state index contributed by atoms with van der Waals surface area (Å²) in [6.07, 6.45) is -1.08. The minimum Gasteiger partial charge on any atom is -0.489 e. The summed E-state index contributed by atoms with van der Waals surface area (Å²) in [6.45, 7) is 5.34. The third kappa shape index (κ3) is 20.8. The first-order chi connectivity index (χ1) is 38.9. The van der Waals surface area contributed by atoms with E-state index >= 15 is 0 Å². The van der Waals surface area contributed by atoms with Gasteiger partial charge in [0.15, 0.2) is 0 Å². The molecule has 1 heterocycles. The van der Waals surface area contributed by atoms with Gasteiger partial charge in [0.1, 0.15) is 55.8 Å². The molecule has 0 spiro atoms. The molecule has 0 saturated carbocycles. The zero-order valence-electron chi connectivity index (χ0n) is 45.6. The first kappa shape index (κ1) is 61.4. The van der Waals surface area contributed by atoms with Gasteiger partial charge in [-0.2, -0.15) is 0 Å². The second-order valence-corrected chi connectivity index (χ2v) is 21.4. The molecule has 5 aromatic carbocycles. The molecular formula is C59H71N9O12S. The Labute approximate surface area is 472 Å². The van der Waals surface area contributed by atoms with Crippen LogP contribution in [0.1, 0.15) is 80.2 Å². The molecule has 22 heteroatoms. The van der Waals surface area contributed by atoms with Crippen molar-refractivity contribution < 1.29 is 56.2 Å². The number of carbonyl (C=O) groups excluding carboxylic acids is 7. The number of ether oxygens (including phenoxy) is 3. The fourth-order valence-corrected chi connectivity index (χ4v) is 9.32. The number of sulfonamides is 1. The van der Waals surface area contributed by atoms with Crippen molar-refractivity contribution >= 4 is 57.6 Å². The highest BCUT2D eigenvalue weighted by Gasteiger charge is 2.36. The Hall–Kier alpha value is -8.79. The fourth-order valence-electron chi connectivity index (χ4n) is 8.36. The molecule has 1 aliphatic rings. The lowest BCUT2D eigenvalue weighted by molar-refractivity contribution is -0.147. The Morgan fingerprint density at radius 1 is 0.580 bits per heavy atom. The van der Waals surface area contributed by atoms with Crippen LogP contribution in [0.3, 0.4) is 0 Å². The molecule has 0 aliphatic carbocycles. The van der Waals surface area contributed by atoms with Crippen LogP contribution in [0.15, 0.2) is 149 Å². The van der Waals surface area contributed by atoms with E-state index in [0.717, 1.165) is 16.7 Å². The highest BCUT2D eigenvalue weighted by molar-refractivity contribution is 7.90. The van der Waals surface area contributed by atoms with E-state index in [4.69, 9.17) is 19.9 Å². The van der Waals surface area contributed by atoms with Gasteiger partial charge in [0, 0.05) is 19.5 Å². The number of nitrogens with two attached hydrogens (primary N) is 1. The number of guanidine groups is 1. The number of nitrogens with one attached hydrogen (secondary N) is 7. The third-order valence-corrected chi connectivity index (χ3v) is 14.3. The molecule has 1 saturated heterocycles. The zero-order valence-corrected chi connectivity index (χ0v) is 46.4. The van der Waals surface area contributed by atoms with E-state index in [1.807, 2.05) is 67.6 Å². The van der Waals surface area contributed by atoms with Crippen molar-refractivity contribution in [3.8, 4) is 5.75 Å². The first-order valence-corrected chi connectivity index (χ1v) is 28.2. The molecule has 5 atom stereocenters. The molecule has 0 radical (unpaired) electrons. The molecule has 0 unspecified atom stereocenters. The lowest BCUT2D eigenvalue weighted by atomic mass is 10.00. The number of aliphatic imine (C=N–C) groups is 1. The number of aryl methyl sites for hydroxylation is 1. The van der Waals surface area contributed by atoms with Crippen LogP contribution in [-0.4, -0.2) is 99.3 Å². The van der Waals surface area contributed by atoms with E-state index in [2.05, 4.69) is 41.6 Å². The van der Waals surface area contributed by atoms with E-state index in [1.54, 1.807) is 80.6 Å². The molecule has 430 valence electrons. The van der Waals surface area contributed by atoms with E-state index in [9.17, 15) is 42.0 Å². The number of amides is 6. The van der Waals surface area contributed by atoms with Crippen molar-refractivity contribution in [3.63, 3.8) is 0 Å². The van der Waals surface area contributed by atoms with Crippen LogP contribution in [-0.2, 0) is 74.5 Å². The lowest BCUT2D eigenvalue weighted by Gasteiger charge is -2.27. The summed E-state index contributed by atoms with van der Waals surface area (Å²) in [5.74, 6) is -5.56. The topological polar surface area (TPSA) is 304 Å². The van der Waals surface area contributed by atoms with Crippen molar-refractivity contribution in [1.29, 1.82) is 0 Å². The monoisotopic (exact) mass is 1130 g/mol. The van der Waals surface area contributed by atoms with Gasteiger partial charge in [0.25, 0.3) is 10.0 Å². The van der Waals surface area contributed by atoms with Crippen LogP contribution >= 0.6 is 0 Å². The third-order valence-electron chi connectivity index (χ3n) is 12.9. The second kappa shape index (κ2) is 31.1. The average molecular weight is 1130 g/mol. The van der Waals surface area contributed by atoms with Crippen LogP contribution in [0.4, 0.5) is 4.79 Å². The van der Waals surface area contributed by atoms with E-state index in [-0.39, 0.29) is 63.3 Å². The van der Waals surface area contributed by atoms with Crippen LogP contribution in [0, 0.1) is 12.8 Å². The summed E-state index contributed by atoms with van der Waals surface area (Å²) in [5, 5.41) is 16.3. The van der Waals surface area contributed by atoms with Gasteiger partial charge in [-0.15, -0.1) is 0 Å². The van der Waals surface area contributed by atoms with E-state index in [0.29, 0.717) is 29.9 Å². The standard InChI is InChI=1S/C59H71N9O12S/c1-39(2)52-57(74)66-49(34-41-26-28-45(29-27-41)78-36-42-16-7-4-8-17-42)55(72)64-48(23-15-33-61-58(60)68-81(76,77)46-30-24-40(3)25-31-46)53(70)63-47(22-13-14-32-62-59(75)80-38-44-20-11-6-12-21-44)54(71)65-50(56(73)67-52)35-51(69)79-37-43-18-9-5-10-19-43/h4-12,16-21,24-31,39,47-50,52H,13-15,22-23,32-38H2,1-3H3,(H,62,75)(H,63,70)(H,64,72)(H,65,71)(H,66,74)(H,67,73)(H3,60,61,68)/t47-,48-,49+,50-,52-/m0/s1. The maximum Gasteiger partial charge on any atom is 0.407 e. The van der Waals surface area contributed by atoms with Gasteiger partial charge in [0.2, 0.25) is 35.5 Å². The Morgan fingerprint density at radius 3 is 1.67 bits per heavy atom. The van der Waals surface area contributed by atoms with Crippen LogP contribution in [0.25, 0.3) is 0 Å². The second-order valence-electron chi connectivity index (χ2n) is 19.8. The Balaban J connectivity index is 1.27. The van der Waals surface area contributed by atoms with Crippen LogP contribution < -0.4 is 47.1 Å². The Morgan fingerprint density at radius 2 is 1.09 bits per heavy atom. The smallest absolute Gasteiger partial charge is 0.407 e. The highest BCUT2D eigenvalue weighted by atomic mass is 32.2. The molecule has 6 amide bonds. The Kier molecular flexibility index (Phi) is 23.6. The zero-order chi connectivity index (χ0) is 58.2. The van der Waals surface area contributed by atoms with Crippen molar-refractivity contribution in [2.75, 3.05) is 13.1 Å². The molecule has 0 aromatic heterocycles. The summed E-state index contributed by atoms with van der Waals surface area (Å²) in [6, 6.07) is 33.3. The number of alkyl carbamates (subject to hydrolysis) is 1. The summed E-state index contributed by atoms with van der Waals surface area (Å²) in [4.78, 5) is 103. The summed E-state index contributed by atoms with van der Waals surface area (Å²) in [7, 11) is -4.10. The van der Waals surface area contributed by atoms with E-state index in [1.165, 1.54) is 12.1 Å². The molecule has 6 rings (SSSR count). The van der Waals surface area contributed by atoms with Crippen molar-refractivity contribution in [1.82, 2.24) is 36.6 Å². The maximum atomic E-state index is 14.7. The van der Waals surface area contributed by atoms with Crippen molar-refractivity contribution in [2.45, 2.75) is 121 Å². The summed E-state index contributed by atoms with van der Waals surface area (Å²) in [5.41, 5.74) is 9.86. The van der Waals surface area contributed by atoms with Crippen molar-refractivity contribution in [2.24, 2.45) is 16.6 Å². The normalized spacial score (nSPS) is 18.3. The summed E-state index contributed by atoms with van der Waals surface area (Å²) >= 11 is 0. The number of benzene rings is 5. The number of rotatable bonds is 23. The molecule has 1 aliphatic heterocycles. The summed E-state index contributed by atoms with van der Waals surface area (Å²) < 4.78 is 45.1. The number of unbranched alkanes of at least 4 members (excludes halogenated alkanes) is 1. The first-order valence-electron chi connectivity index (χ1n) is 26.7. The highest BCUT2D eigenvalue weighted by Crippen LogP contribution is 2.18.